The zero-order valence-corrected chi connectivity index (χ0v) is 19.2. The van der Waals surface area contributed by atoms with E-state index < -0.39 is 11.9 Å². The first-order chi connectivity index (χ1) is 16.4. The Morgan fingerprint density at radius 3 is 2.79 bits per heavy atom. The number of benzene rings is 1. The molecule has 10 heteroatoms. The molecule has 1 fully saturated rings. The molecule has 0 atom stereocenters. The minimum absolute atomic E-state index is 0.00933. The second-order valence-electron chi connectivity index (χ2n) is 8.09. The number of pyridine rings is 2. The van der Waals surface area contributed by atoms with Crippen molar-refractivity contribution in [2.75, 3.05) is 36.1 Å². The summed E-state index contributed by atoms with van der Waals surface area (Å²) in [6.45, 7) is 4.99. The van der Waals surface area contributed by atoms with E-state index in [0.717, 1.165) is 30.5 Å². The Balaban J connectivity index is 0.000000868. The maximum atomic E-state index is 15.2. The number of hydrogen-bond acceptors (Lipinski definition) is 8. The number of aromatic nitrogens is 2. The van der Waals surface area contributed by atoms with Gasteiger partial charge in [0.05, 0.1) is 5.69 Å². The molecule has 5 rings (SSSR count). The number of rotatable bonds is 3. The standard InChI is InChI=1S/C22H22FN5O3.C2H6O/c1-11-15(9-27-21-20(11)25-5-6-30-21)14-7-12-8-17(26-10-16(12)19(24)18(14)23)28-22(29)31-13-3-2-4-13;1-2-3/h7-10,13,25H,2-6,24H2,1H3,(H,26,28,29);3H,2H2,1H3. The number of nitrogens with one attached hydrogen (secondary N) is 2. The van der Waals surface area contributed by atoms with Crippen molar-refractivity contribution in [3.05, 3.63) is 35.9 Å². The van der Waals surface area contributed by atoms with Gasteiger partial charge in [-0.3, -0.25) is 5.32 Å². The molecule has 9 nitrogen and oxygen atoms in total. The number of fused-ring (bicyclic) bond motifs is 2. The van der Waals surface area contributed by atoms with Crippen LogP contribution in [0.4, 0.5) is 26.4 Å². The lowest BCUT2D eigenvalue weighted by atomic mass is 9.96. The first kappa shape index (κ1) is 23.5. The Labute approximate surface area is 196 Å². The average molecular weight is 470 g/mol. The molecule has 1 aliphatic carbocycles. The van der Waals surface area contributed by atoms with Gasteiger partial charge in [-0.2, -0.15) is 0 Å². The monoisotopic (exact) mass is 469 g/mol. The van der Waals surface area contributed by atoms with E-state index in [1.54, 1.807) is 25.3 Å². The van der Waals surface area contributed by atoms with Crippen molar-refractivity contribution in [3.8, 4) is 17.0 Å². The van der Waals surface area contributed by atoms with Crippen LogP contribution in [0.15, 0.2) is 24.5 Å². The van der Waals surface area contributed by atoms with Gasteiger partial charge in [0, 0.05) is 42.1 Å². The fourth-order valence-corrected chi connectivity index (χ4v) is 3.83. The van der Waals surface area contributed by atoms with Crippen molar-refractivity contribution >= 4 is 34.1 Å². The number of nitrogen functional groups attached to an aromatic ring is 1. The molecule has 0 saturated heterocycles. The van der Waals surface area contributed by atoms with Crippen LogP contribution >= 0.6 is 0 Å². The summed E-state index contributed by atoms with van der Waals surface area (Å²) in [4.78, 5) is 20.6. The largest absolute Gasteiger partial charge is 0.474 e. The van der Waals surface area contributed by atoms with Crippen LogP contribution in [-0.4, -0.2) is 47.0 Å². The maximum absolute atomic E-state index is 15.2. The van der Waals surface area contributed by atoms with Gasteiger partial charge in [0.1, 0.15) is 24.2 Å². The van der Waals surface area contributed by atoms with E-state index in [0.29, 0.717) is 46.7 Å². The van der Waals surface area contributed by atoms with Crippen LogP contribution in [0.1, 0.15) is 31.7 Å². The lowest BCUT2D eigenvalue weighted by Gasteiger charge is -2.25. The second-order valence-corrected chi connectivity index (χ2v) is 8.09. The quantitative estimate of drug-likeness (QED) is 0.419. The van der Waals surface area contributed by atoms with Crippen LogP contribution in [0, 0.1) is 12.7 Å². The molecule has 5 N–H and O–H groups in total. The predicted octanol–water partition coefficient (Wildman–Crippen LogP) is 4.23. The smallest absolute Gasteiger partial charge is 0.413 e. The summed E-state index contributed by atoms with van der Waals surface area (Å²) < 4.78 is 26.1. The fourth-order valence-electron chi connectivity index (χ4n) is 3.83. The van der Waals surface area contributed by atoms with E-state index in [4.69, 9.17) is 20.3 Å². The molecule has 1 amide bonds. The Morgan fingerprint density at radius 2 is 2.09 bits per heavy atom. The van der Waals surface area contributed by atoms with Crippen molar-refractivity contribution in [2.45, 2.75) is 39.2 Å². The first-order valence-electron chi connectivity index (χ1n) is 11.3. The molecule has 3 aromatic rings. The predicted molar refractivity (Wildman–Crippen MR) is 129 cm³/mol. The molecular formula is C24H28FN5O4. The molecule has 180 valence electrons. The highest BCUT2D eigenvalue weighted by Crippen LogP contribution is 2.39. The first-order valence-corrected chi connectivity index (χ1v) is 11.3. The molecule has 0 unspecified atom stereocenters. The Morgan fingerprint density at radius 1 is 1.32 bits per heavy atom. The summed E-state index contributed by atoms with van der Waals surface area (Å²) in [6.07, 6.45) is 5.28. The SMILES string of the molecule is CCO.Cc1c(-c2cc3cc(NC(=O)OC4CCC4)ncc3c(N)c2F)cnc2c1NCCO2. The molecular weight excluding hydrogens is 441 g/mol. The highest BCUT2D eigenvalue weighted by molar-refractivity contribution is 5.99. The van der Waals surface area contributed by atoms with Crippen LogP contribution in [0.25, 0.3) is 21.9 Å². The van der Waals surface area contributed by atoms with E-state index in [2.05, 4.69) is 20.6 Å². The van der Waals surface area contributed by atoms with Crippen molar-refractivity contribution < 1.29 is 23.8 Å². The van der Waals surface area contributed by atoms with E-state index >= 15 is 4.39 Å². The number of aliphatic hydroxyl groups is 1. The molecule has 0 bridgehead atoms. The van der Waals surface area contributed by atoms with Gasteiger partial charge in [-0.05, 0) is 56.2 Å². The molecule has 3 heterocycles. The normalized spacial score (nSPS) is 14.6. The third kappa shape index (κ3) is 4.67. The topological polar surface area (TPSA) is 132 Å². The lowest BCUT2D eigenvalue weighted by Crippen LogP contribution is -2.27. The van der Waals surface area contributed by atoms with Gasteiger partial charge < -0.3 is 25.6 Å². The summed E-state index contributed by atoms with van der Waals surface area (Å²) >= 11 is 0. The molecule has 0 radical (unpaired) electrons. The van der Waals surface area contributed by atoms with Crippen LogP contribution in [0.3, 0.4) is 0 Å². The molecule has 0 spiro atoms. The van der Waals surface area contributed by atoms with Crippen molar-refractivity contribution in [1.82, 2.24) is 9.97 Å². The van der Waals surface area contributed by atoms with E-state index in [1.165, 1.54) is 6.20 Å². The van der Waals surface area contributed by atoms with E-state index in [9.17, 15) is 4.79 Å². The van der Waals surface area contributed by atoms with Crippen molar-refractivity contribution in [3.63, 3.8) is 0 Å². The van der Waals surface area contributed by atoms with Crippen molar-refractivity contribution in [1.29, 1.82) is 0 Å². The van der Waals surface area contributed by atoms with Crippen LogP contribution < -0.4 is 21.1 Å². The third-order valence-electron chi connectivity index (χ3n) is 5.79. The summed E-state index contributed by atoms with van der Waals surface area (Å²) in [5.41, 5.74) is 8.58. The molecule has 1 aliphatic heterocycles. The van der Waals surface area contributed by atoms with E-state index in [1.807, 2.05) is 6.92 Å². The number of ether oxygens (including phenoxy) is 2. The Hall–Kier alpha value is -3.66. The van der Waals surface area contributed by atoms with Crippen LogP contribution in [0.2, 0.25) is 0 Å². The molecule has 1 saturated carbocycles. The van der Waals surface area contributed by atoms with Crippen molar-refractivity contribution in [2.24, 2.45) is 0 Å². The number of amides is 1. The third-order valence-corrected chi connectivity index (χ3v) is 5.79. The fraction of sp³-hybridized carbons (Fsp3) is 0.375. The second kappa shape index (κ2) is 10.1. The number of hydrogen-bond donors (Lipinski definition) is 4. The number of halogens is 1. The maximum Gasteiger partial charge on any atom is 0.413 e. The molecule has 1 aromatic carbocycles. The number of anilines is 3. The summed E-state index contributed by atoms with van der Waals surface area (Å²) in [5.74, 6) is 0.271. The zero-order valence-electron chi connectivity index (χ0n) is 19.2. The summed E-state index contributed by atoms with van der Waals surface area (Å²) in [7, 11) is 0. The average Bonchev–Trinajstić information content (AvgIpc) is 2.80. The lowest BCUT2D eigenvalue weighted by molar-refractivity contribution is 0.0623. The number of aliphatic hydroxyl groups excluding tert-OH is 1. The number of carbonyl (C=O) groups is 1. The molecule has 34 heavy (non-hydrogen) atoms. The highest BCUT2D eigenvalue weighted by Gasteiger charge is 2.23. The number of nitrogens with two attached hydrogens (primary N) is 1. The van der Waals surface area contributed by atoms with Gasteiger partial charge in [-0.1, -0.05) is 0 Å². The van der Waals surface area contributed by atoms with Gasteiger partial charge >= 0.3 is 6.09 Å². The van der Waals surface area contributed by atoms with Crippen LogP contribution in [-0.2, 0) is 4.74 Å². The Kier molecular flexibility index (Phi) is 6.97. The minimum atomic E-state index is -0.548. The van der Waals surface area contributed by atoms with Gasteiger partial charge in [0.2, 0.25) is 5.88 Å². The molecule has 2 aliphatic rings. The van der Waals surface area contributed by atoms with Gasteiger partial charge in [0.15, 0.2) is 5.82 Å². The van der Waals surface area contributed by atoms with Gasteiger partial charge in [0.25, 0.3) is 0 Å². The van der Waals surface area contributed by atoms with Gasteiger partial charge in [-0.25, -0.2) is 19.2 Å². The molecule has 2 aromatic heterocycles. The minimum Gasteiger partial charge on any atom is -0.474 e. The number of carbonyl (C=O) groups excluding carboxylic acids is 1. The Bertz CT molecular complexity index is 1220. The van der Waals surface area contributed by atoms with E-state index in [-0.39, 0.29) is 18.4 Å². The zero-order chi connectivity index (χ0) is 24.2. The van der Waals surface area contributed by atoms with Gasteiger partial charge in [-0.15, -0.1) is 0 Å². The summed E-state index contributed by atoms with van der Waals surface area (Å²) in [6, 6.07) is 3.34. The number of nitrogens with zero attached hydrogens (tertiary/aromatic N) is 2. The highest BCUT2D eigenvalue weighted by atomic mass is 19.1. The summed E-state index contributed by atoms with van der Waals surface area (Å²) in [5, 5.41) is 14.6. The van der Waals surface area contributed by atoms with Crippen LogP contribution in [0.5, 0.6) is 5.88 Å².